The van der Waals surface area contributed by atoms with Crippen LogP contribution in [0.2, 0.25) is 0 Å². The summed E-state index contributed by atoms with van der Waals surface area (Å²) in [5.41, 5.74) is 45.3. The zero-order chi connectivity index (χ0) is 57.5. The van der Waals surface area contributed by atoms with Gasteiger partial charge in [0, 0.05) is 26.1 Å². The topological polar surface area (TPSA) is 526 Å². The van der Waals surface area contributed by atoms with Crippen LogP contribution < -0.4 is 83.1 Å². The number of hydrogen-bond donors (Lipinski definition) is 17. The first-order valence-electron chi connectivity index (χ1n) is 25.6. The highest BCUT2D eigenvalue weighted by Crippen LogP contribution is 2.21. The number of aliphatic imine (C=N–C) groups is 1. The molecule has 0 spiro atoms. The number of aliphatic hydroxyl groups is 1. The number of rotatable bonds is 36. The zero-order valence-electron chi connectivity index (χ0n) is 43.4. The summed E-state index contributed by atoms with van der Waals surface area (Å²) in [6, 6.07) is -0.925. The van der Waals surface area contributed by atoms with E-state index in [4.69, 9.17) is 45.9 Å². The van der Waals surface area contributed by atoms with Crippen LogP contribution in [0.15, 0.2) is 41.0 Å². The van der Waals surface area contributed by atoms with E-state index < -0.39 is 120 Å². The summed E-state index contributed by atoms with van der Waals surface area (Å²) in [5.74, 6) is -8.25. The molecule has 29 heteroatoms. The zero-order valence-corrected chi connectivity index (χ0v) is 43.4. The summed E-state index contributed by atoms with van der Waals surface area (Å²) in [6.07, 6.45) is 2.36. The molecule has 25 N–H and O–H groups in total. The Hall–Kier alpha value is -7.33. The van der Waals surface area contributed by atoms with Gasteiger partial charge in [0.15, 0.2) is 5.96 Å². The summed E-state index contributed by atoms with van der Waals surface area (Å²) in [6.45, 7) is -0.388. The first kappa shape index (κ1) is 65.8. The molecule has 8 atom stereocenters. The minimum atomic E-state index is -1.61. The van der Waals surface area contributed by atoms with Crippen molar-refractivity contribution in [1.82, 2.24) is 42.1 Å². The molecule has 0 bridgehead atoms. The van der Waals surface area contributed by atoms with E-state index in [1.807, 2.05) is 6.07 Å². The first-order valence-corrected chi connectivity index (χ1v) is 25.6. The lowest BCUT2D eigenvalue weighted by Gasteiger charge is -2.30. The van der Waals surface area contributed by atoms with Crippen molar-refractivity contribution in [2.45, 2.75) is 132 Å². The van der Waals surface area contributed by atoms with Crippen LogP contribution in [0.4, 0.5) is 0 Å². The number of amides is 8. The van der Waals surface area contributed by atoms with Crippen molar-refractivity contribution < 1.29 is 53.4 Å². The van der Waals surface area contributed by atoms with E-state index in [0.29, 0.717) is 49.8 Å². The van der Waals surface area contributed by atoms with Crippen LogP contribution in [-0.4, -0.2) is 175 Å². The second-order valence-electron chi connectivity index (χ2n) is 18.2. The molecule has 8 amide bonds. The molecule has 29 nitrogen and oxygen atoms in total. The number of benzene rings is 1. The Kier molecular flexibility index (Phi) is 30.6. The molecule has 0 radical (unpaired) electrons. The van der Waals surface area contributed by atoms with Crippen molar-refractivity contribution in [1.29, 1.82) is 5.26 Å². The maximum Gasteiger partial charge on any atom is 0.352 e. The number of nitrogens with zero attached hydrogens (tertiary/aromatic N) is 3. The molecule has 1 aliphatic heterocycles. The number of carboxylic acids is 1. The van der Waals surface area contributed by atoms with Gasteiger partial charge in [-0.05, 0) is 115 Å². The highest BCUT2D eigenvalue weighted by Gasteiger charge is 2.40. The summed E-state index contributed by atoms with van der Waals surface area (Å²) < 4.78 is 0. The quantitative estimate of drug-likeness (QED) is 0.0129. The minimum absolute atomic E-state index is 0.0192. The fraction of sp³-hybridized carbons (Fsp3) is 0.604. The Morgan fingerprint density at radius 3 is 1.95 bits per heavy atom. The van der Waals surface area contributed by atoms with Crippen molar-refractivity contribution in [3.8, 4) is 6.07 Å². The summed E-state index contributed by atoms with van der Waals surface area (Å²) >= 11 is 0. The van der Waals surface area contributed by atoms with Crippen molar-refractivity contribution in [3.05, 3.63) is 47.2 Å². The van der Waals surface area contributed by atoms with E-state index in [1.165, 1.54) is 23.1 Å². The second-order valence-corrected chi connectivity index (χ2v) is 18.2. The SMILES string of the molecule is N#Cc1ccc(C[C@H](NC(=O)[C@@H]2CCCN2C(=O)[C@@H](CCCN)NC(=O)CNC(=O)[C@H](CCN)NC(=O)[C@@H](NC(=O)[C@@H](N)CCCCN)[C@@H](O)CN)C(=O)N[C@@H](CCCCN)C(=O)N/C(=C\CCN=C(N)N)C(=O)O)cc1. The van der Waals surface area contributed by atoms with E-state index >= 15 is 0 Å². The molecule has 1 saturated heterocycles. The van der Waals surface area contributed by atoms with Gasteiger partial charge in [-0.3, -0.25) is 43.3 Å². The molecule has 0 aromatic heterocycles. The molecule has 1 fully saturated rings. The molecule has 1 aromatic carbocycles. The average Bonchev–Trinajstić information content (AvgIpc) is 3.91. The first-order chi connectivity index (χ1) is 36.7. The molecular weight excluding hydrogens is 1000 g/mol. The van der Waals surface area contributed by atoms with Crippen LogP contribution in [0.25, 0.3) is 0 Å². The fourth-order valence-electron chi connectivity index (χ4n) is 7.96. The lowest BCUT2D eigenvalue weighted by atomic mass is 10.0. The van der Waals surface area contributed by atoms with Gasteiger partial charge in [0.05, 0.1) is 30.3 Å². The Morgan fingerprint density at radius 2 is 1.35 bits per heavy atom. The van der Waals surface area contributed by atoms with Crippen LogP contribution in [0.1, 0.15) is 88.2 Å². The molecule has 1 aliphatic rings. The van der Waals surface area contributed by atoms with Gasteiger partial charge >= 0.3 is 5.97 Å². The number of hydrogen-bond acceptors (Lipinski definition) is 18. The van der Waals surface area contributed by atoms with Gasteiger partial charge in [0.1, 0.15) is 41.9 Å². The van der Waals surface area contributed by atoms with Crippen LogP contribution in [-0.2, 0) is 49.6 Å². The maximum atomic E-state index is 14.3. The molecule has 0 aliphatic carbocycles. The predicted octanol–water partition coefficient (Wildman–Crippen LogP) is -6.63. The minimum Gasteiger partial charge on any atom is -0.477 e. The van der Waals surface area contributed by atoms with E-state index in [2.05, 4.69) is 42.2 Å². The van der Waals surface area contributed by atoms with Crippen LogP contribution in [0.5, 0.6) is 0 Å². The lowest BCUT2D eigenvalue weighted by molar-refractivity contribution is -0.142. The van der Waals surface area contributed by atoms with Crippen molar-refractivity contribution in [2.24, 2.45) is 50.9 Å². The van der Waals surface area contributed by atoms with Crippen LogP contribution in [0.3, 0.4) is 0 Å². The van der Waals surface area contributed by atoms with Gasteiger partial charge < -0.3 is 98.2 Å². The standard InChI is InChI=1S/C48H80N18O11/c49-18-3-1-8-30(55)40(69)65-39(37(67)26-54)45(74)62-32(17-21-52)41(70)59-27-38(68)60-33(10-5-20-51)46(75)66-23-7-12-36(66)44(73)64-35(24-28-13-15-29(25-53)16-14-28)43(72)61-31(9-2-4-19-50)42(71)63-34(47(76)77)11-6-22-58-48(56)57/h11,13-16,30-33,35-37,39,67H,1-10,12,17-24,26-27,49-52,54-55H2,(H,59,70)(H,60,68)(H,61,72)(H,62,74)(H,63,71)(H,64,73)(H,65,69)(H,76,77)(H4,56,57,58)/b34-11-/t30-,31-,32-,33+,35-,36-,37-,39-/m0/s1. The van der Waals surface area contributed by atoms with Gasteiger partial charge in [-0.15, -0.1) is 0 Å². The number of unbranched alkanes of at least 4 members (excludes halogenated alkanes) is 2. The van der Waals surface area contributed by atoms with E-state index in [9.17, 15) is 58.6 Å². The number of carbonyl (C=O) groups is 9. The Balaban J connectivity index is 2.32. The van der Waals surface area contributed by atoms with Gasteiger partial charge in [-0.25, -0.2) is 4.79 Å². The lowest BCUT2D eigenvalue weighted by Crippen LogP contribution is -2.61. The third kappa shape index (κ3) is 23.6. The van der Waals surface area contributed by atoms with Gasteiger partial charge in [-0.2, -0.15) is 5.26 Å². The predicted molar refractivity (Wildman–Crippen MR) is 282 cm³/mol. The summed E-state index contributed by atoms with van der Waals surface area (Å²) in [4.78, 5) is 127. The Labute approximate surface area is 447 Å². The number of likely N-dealkylation sites (tertiary alicyclic amines) is 1. The van der Waals surface area contributed by atoms with E-state index in [1.54, 1.807) is 12.1 Å². The third-order valence-electron chi connectivity index (χ3n) is 12.2. The van der Waals surface area contributed by atoms with Crippen molar-refractivity contribution in [3.63, 3.8) is 0 Å². The molecule has 0 saturated carbocycles. The van der Waals surface area contributed by atoms with Gasteiger partial charge in [0.2, 0.25) is 47.3 Å². The number of nitrogens with one attached hydrogen (secondary N) is 7. The summed E-state index contributed by atoms with van der Waals surface area (Å²) in [7, 11) is 0. The summed E-state index contributed by atoms with van der Waals surface area (Å²) in [5, 5.41) is 47.2. The Bertz CT molecular complexity index is 2220. The normalized spacial score (nSPS) is 15.9. The van der Waals surface area contributed by atoms with Crippen LogP contribution >= 0.6 is 0 Å². The van der Waals surface area contributed by atoms with Crippen molar-refractivity contribution >= 4 is 59.2 Å². The number of aliphatic hydroxyl groups excluding tert-OH is 1. The third-order valence-corrected chi connectivity index (χ3v) is 12.2. The molecule has 2 rings (SSSR count). The molecule has 428 valence electrons. The Morgan fingerprint density at radius 1 is 0.727 bits per heavy atom. The highest BCUT2D eigenvalue weighted by molar-refractivity contribution is 5.99. The average molecular weight is 1090 g/mol. The molecule has 77 heavy (non-hydrogen) atoms. The number of nitriles is 1. The fourth-order valence-corrected chi connectivity index (χ4v) is 7.96. The number of guanidine groups is 1. The smallest absolute Gasteiger partial charge is 0.352 e. The molecular formula is C48H80N18O11. The monoisotopic (exact) mass is 1080 g/mol. The molecule has 0 unspecified atom stereocenters. The molecule has 1 heterocycles. The second kappa shape index (κ2) is 35.8. The largest absolute Gasteiger partial charge is 0.477 e. The van der Waals surface area contributed by atoms with E-state index in [0.717, 1.165) is 0 Å². The maximum absolute atomic E-state index is 14.3. The van der Waals surface area contributed by atoms with Gasteiger partial charge in [0.25, 0.3) is 0 Å². The number of carbonyl (C=O) groups excluding carboxylic acids is 8. The number of nitrogens with two attached hydrogens (primary N) is 8. The number of carboxylic acid groups (broad SMARTS) is 1. The highest BCUT2D eigenvalue weighted by atomic mass is 16.4. The van der Waals surface area contributed by atoms with Crippen LogP contribution in [0, 0.1) is 11.3 Å². The van der Waals surface area contributed by atoms with E-state index in [-0.39, 0.29) is 90.0 Å². The molecule has 1 aromatic rings. The van der Waals surface area contributed by atoms with Gasteiger partial charge in [-0.1, -0.05) is 24.6 Å². The van der Waals surface area contributed by atoms with Crippen molar-refractivity contribution in [2.75, 3.05) is 52.4 Å². The number of aliphatic carboxylic acids is 1.